The molecule has 1 aliphatic heterocycles. The van der Waals surface area contributed by atoms with E-state index in [1.54, 1.807) is 30.3 Å². The van der Waals surface area contributed by atoms with Crippen LogP contribution in [-0.4, -0.2) is 35.5 Å². The van der Waals surface area contributed by atoms with E-state index in [1.807, 2.05) is 11.0 Å². The summed E-state index contributed by atoms with van der Waals surface area (Å²) < 4.78 is 44.5. The number of piperidine rings is 1. The number of nitriles is 1. The number of oxazole rings is 1. The van der Waals surface area contributed by atoms with Crippen LogP contribution in [0.2, 0.25) is 0 Å². The molecule has 5 rings (SSSR count). The van der Waals surface area contributed by atoms with Gasteiger partial charge in [0.1, 0.15) is 11.3 Å². The average molecular weight is 562 g/mol. The molecule has 0 saturated carbocycles. The minimum absolute atomic E-state index is 0.186. The molecule has 41 heavy (non-hydrogen) atoms. The fourth-order valence-corrected chi connectivity index (χ4v) is 4.99. The molecular formula is C31H30F3N5O2. The van der Waals surface area contributed by atoms with E-state index in [0.29, 0.717) is 53.6 Å². The van der Waals surface area contributed by atoms with Gasteiger partial charge in [-0.25, -0.2) is 9.97 Å². The molecule has 212 valence electrons. The van der Waals surface area contributed by atoms with Crippen LogP contribution in [0.3, 0.4) is 0 Å². The molecule has 1 saturated heterocycles. The summed E-state index contributed by atoms with van der Waals surface area (Å²) in [5.74, 6) is 1.02. The van der Waals surface area contributed by atoms with Gasteiger partial charge in [0.2, 0.25) is 5.89 Å². The lowest BCUT2D eigenvalue weighted by molar-refractivity contribution is -0.137. The van der Waals surface area contributed by atoms with Crippen molar-refractivity contribution in [3.63, 3.8) is 0 Å². The fraction of sp³-hybridized carbons (Fsp3) is 0.355. The van der Waals surface area contributed by atoms with Crippen molar-refractivity contribution in [2.24, 2.45) is 5.92 Å². The molecule has 0 atom stereocenters. The van der Waals surface area contributed by atoms with Gasteiger partial charge in [-0.2, -0.15) is 18.4 Å². The number of nitrogens with one attached hydrogen (secondary N) is 1. The Morgan fingerprint density at radius 3 is 2.39 bits per heavy atom. The zero-order valence-electron chi connectivity index (χ0n) is 23.0. The highest BCUT2D eigenvalue weighted by molar-refractivity contribution is 5.94. The fourth-order valence-electron chi connectivity index (χ4n) is 4.99. The zero-order valence-corrected chi connectivity index (χ0v) is 23.0. The topological polar surface area (TPSA) is 95.0 Å². The van der Waals surface area contributed by atoms with Crippen molar-refractivity contribution in [2.75, 3.05) is 24.5 Å². The number of hydrogen-bond acceptors (Lipinski definition) is 6. The normalized spacial score (nSPS) is 14.7. The molecule has 0 aliphatic carbocycles. The number of rotatable bonds is 5. The summed E-state index contributed by atoms with van der Waals surface area (Å²) in [4.78, 5) is 23.4. The molecule has 0 bridgehead atoms. The van der Waals surface area contributed by atoms with Gasteiger partial charge in [0.05, 0.1) is 17.2 Å². The highest BCUT2D eigenvalue weighted by Crippen LogP contribution is 2.34. The van der Waals surface area contributed by atoms with Gasteiger partial charge in [0.25, 0.3) is 5.91 Å². The first-order valence-electron chi connectivity index (χ1n) is 13.4. The van der Waals surface area contributed by atoms with Gasteiger partial charge < -0.3 is 14.6 Å². The smallest absolute Gasteiger partial charge is 0.417 e. The van der Waals surface area contributed by atoms with Crippen LogP contribution in [0.5, 0.6) is 0 Å². The SMILES string of the molecule is CC(C)(C)c1cc(C#N)cc2nc(-c3ccc(C(=O)NCC4CCN(c5ccc(C(F)(F)F)cn5)CC4)cc3)oc12. The van der Waals surface area contributed by atoms with Crippen LogP contribution >= 0.6 is 0 Å². The lowest BCUT2D eigenvalue weighted by Crippen LogP contribution is -2.39. The summed E-state index contributed by atoms with van der Waals surface area (Å²) in [5.41, 5.74) is 2.93. The summed E-state index contributed by atoms with van der Waals surface area (Å²) >= 11 is 0. The number of hydrogen-bond donors (Lipinski definition) is 1. The molecule has 0 radical (unpaired) electrons. The van der Waals surface area contributed by atoms with Gasteiger partial charge in [-0.3, -0.25) is 4.79 Å². The van der Waals surface area contributed by atoms with Gasteiger partial charge in [-0.05, 0) is 72.7 Å². The van der Waals surface area contributed by atoms with E-state index in [1.165, 1.54) is 6.07 Å². The molecule has 1 aliphatic rings. The van der Waals surface area contributed by atoms with Crippen molar-refractivity contribution in [2.45, 2.75) is 45.2 Å². The quantitative estimate of drug-likeness (QED) is 0.291. The minimum atomic E-state index is -4.40. The van der Waals surface area contributed by atoms with Crippen LogP contribution in [0, 0.1) is 17.2 Å². The molecule has 1 fully saturated rings. The van der Waals surface area contributed by atoms with Crippen LogP contribution in [-0.2, 0) is 11.6 Å². The summed E-state index contributed by atoms with van der Waals surface area (Å²) in [5, 5.41) is 12.4. The third-order valence-corrected chi connectivity index (χ3v) is 7.39. The lowest BCUT2D eigenvalue weighted by atomic mass is 9.85. The van der Waals surface area contributed by atoms with Gasteiger partial charge in [0.15, 0.2) is 5.58 Å². The highest BCUT2D eigenvalue weighted by atomic mass is 19.4. The Bertz CT molecular complexity index is 1590. The summed E-state index contributed by atoms with van der Waals surface area (Å²) in [6.07, 6.45) is -1.95. The molecule has 0 spiro atoms. The molecule has 7 nitrogen and oxygen atoms in total. The van der Waals surface area contributed by atoms with Gasteiger partial charge in [-0.1, -0.05) is 20.8 Å². The van der Waals surface area contributed by atoms with E-state index in [4.69, 9.17) is 4.42 Å². The minimum Gasteiger partial charge on any atom is -0.436 e. The van der Waals surface area contributed by atoms with Crippen molar-refractivity contribution in [3.05, 3.63) is 77.0 Å². The molecule has 1 N–H and O–H groups in total. The maximum atomic E-state index is 12.8. The van der Waals surface area contributed by atoms with Crippen molar-refractivity contribution in [3.8, 4) is 17.5 Å². The Kier molecular flexibility index (Phi) is 7.47. The monoisotopic (exact) mass is 561 g/mol. The molecule has 2 aromatic heterocycles. The Balaban J connectivity index is 1.18. The van der Waals surface area contributed by atoms with E-state index in [0.717, 1.165) is 36.2 Å². The molecule has 2 aromatic carbocycles. The number of fused-ring (bicyclic) bond motifs is 1. The van der Waals surface area contributed by atoms with Crippen LogP contribution in [0.15, 0.2) is 59.1 Å². The number of carbonyl (C=O) groups excluding carboxylic acids is 1. The number of halogens is 3. The molecule has 10 heteroatoms. The molecule has 4 aromatic rings. The van der Waals surface area contributed by atoms with E-state index >= 15 is 0 Å². The number of pyridine rings is 1. The molecule has 0 unspecified atom stereocenters. The third-order valence-electron chi connectivity index (χ3n) is 7.39. The average Bonchev–Trinajstić information content (AvgIpc) is 3.39. The van der Waals surface area contributed by atoms with Gasteiger partial charge in [-0.15, -0.1) is 0 Å². The number of benzene rings is 2. The lowest BCUT2D eigenvalue weighted by Gasteiger charge is -2.33. The van der Waals surface area contributed by atoms with Crippen LogP contribution in [0.25, 0.3) is 22.6 Å². The number of carbonyl (C=O) groups is 1. The summed E-state index contributed by atoms with van der Waals surface area (Å²) in [6.45, 7) is 7.99. The second-order valence-electron chi connectivity index (χ2n) is 11.4. The Labute approximate surface area is 236 Å². The van der Waals surface area contributed by atoms with Gasteiger partial charge in [0, 0.05) is 42.5 Å². The summed E-state index contributed by atoms with van der Waals surface area (Å²) in [6, 6.07) is 15.2. The predicted molar refractivity (Wildman–Crippen MR) is 149 cm³/mol. The Morgan fingerprint density at radius 1 is 1.10 bits per heavy atom. The Morgan fingerprint density at radius 2 is 1.80 bits per heavy atom. The first-order chi connectivity index (χ1) is 19.4. The number of anilines is 1. The van der Waals surface area contributed by atoms with Crippen molar-refractivity contribution < 1.29 is 22.4 Å². The largest absolute Gasteiger partial charge is 0.436 e. The van der Waals surface area contributed by atoms with Gasteiger partial charge >= 0.3 is 6.18 Å². The Hall–Kier alpha value is -4.39. The zero-order chi connectivity index (χ0) is 29.4. The maximum absolute atomic E-state index is 12.8. The third kappa shape index (κ3) is 6.19. The number of nitrogens with zero attached hydrogens (tertiary/aromatic N) is 4. The first-order valence-corrected chi connectivity index (χ1v) is 13.4. The first kappa shape index (κ1) is 28.1. The molecular weight excluding hydrogens is 531 g/mol. The van der Waals surface area contributed by atoms with Crippen LogP contribution in [0.1, 0.15) is 60.7 Å². The van der Waals surface area contributed by atoms with Crippen molar-refractivity contribution in [1.82, 2.24) is 15.3 Å². The maximum Gasteiger partial charge on any atom is 0.417 e. The predicted octanol–water partition coefficient (Wildman–Crippen LogP) is 6.72. The standard InChI is InChI=1S/C31H30F3N5O2/c1-30(2,3)24-14-20(16-35)15-25-27(24)41-29(38-25)22-6-4-21(5-7-22)28(40)37-17-19-10-12-39(13-11-19)26-9-8-23(18-36-26)31(32,33)34/h4-9,14-15,18-19H,10-13,17H2,1-3H3,(H,37,40). The van der Waals surface area contributed by atoms with E-state index in [-0.39, 0.29) is 17.2 Å². The van der Waals surface area contributed by atoms with Crippen LogP contribution < -0.4 is 10.2 Å². The van der Waals surface area contributed by atoms with E-state index in [2.05, 4.69) is 42.1 Å². The number of alkyl halides is 3. The second kappa shape index (κ2) is 10.9. The molecule has 3 heterocycles. The number of amides is 1. The van der Waals surface area contributed by atoms with Crippen molar-refractivity contribution >= 4 is 22.8 Å². The second-order valence-corrected chi connectivity index (χ2v) is 11.4. The molecule has 1 amide bonds. The number of aromatic nitrogens is 2. The van der Waals surface area contributed by atoms with E-state index in [9.17, 15) is 23.2 Å². The van der Waals surface area contributed by atoms with Crippen molar-refractivity contribution in [1.29, 1.82) is 5.26 Å². The summed E-state index contributed by atoms with van der Waals surface area (Å²) in [7, 11) is 0. The van der Waals surface area contributed by atoms with E-state index < -0.39 is 11.7 Å². The van der Waals surface area contributed by atoms with Crippen LogP contribution in [0.4, 0.5) is 19.0 Å². The highest BCUT2D eigenvalue weighted by Gasteiger charge is 2.31.